The molecule has 0 bridgehead atoms. The maximum Gasteiger partial charge on any atom is 0.306 e. The molecule has 0 saturated heterocycles. The van der Waals surface area contributed by atoms with Crippen molar-refractivity contribution in [3.05, 3.63) is 65.7 Å². The van der Waals surface area contributed by atoms with E-state index in [1.807, 2.05) is 13.0 Å². The Morgan fingerprint density at radius 2 is 1.54 bits per heavy atom. The maximum absolute atomic E-state index is 12.2. The molecule has 0 spiro atoms. The van der Waals surface area contributed by atoms with Crippen LogP contribution in [0.25, 0.3) is 0 Å². The molecule has 0 saturated carbocycles. The first-order valence-corrected chi connectivity index (χ1v) is 13.6. The monoisotopic (exact) mass is 482 g/mol. The average Bonchev–Trinajstić information content (AvgIpc) is 2.82. The topological polar surface area (TPSA) is 35.5 Å². The number of hydrogen-bond acceptors (Lipinski definition) is 3. The van der Waals surface area contributed by atoms with Crippen LogP contribution in [0.4, 0.5) is 0 Å². The fraction of sp³-hybridized carbons (Fsp3) is 0.581. The standard InChI is InChI=1S/C31H48NO3/c1-5-6-7-8-9-11-15-28-19-21-30(22-20-28)35-27(2)23-25-34-31(33)18-14-24-32(3,4)26-29-16-12-10-13-17-29/h10,12-13,16-17,19-22,27H,5-9,11,14-15,18,23-26H2,1-4H3/q+1. The molecule has 0 heterocycles. The summed E-state index contributed by atoms with van der Waals surface area (Å²) < 4.78 is 12.3. The van der Waals surface area contributed by atoms with Crippen molar-refractivity contribution >= 4 is 5.97 Å². The molecule has 0 aliphatic heterocycles. The van der Waals surface area contributed by atoms with Gasteiger partial charge in [-0.3, -0.25) is 4.79 Å². The lowest BCUT2D eigenvalue weighted by Crippen LogP contribution is -2.39. The van der Waals surface area contributed by atoms with Crippen LogP contribution in [-0.4, -0.2) is 43.8 Å². The molecule has 1 atom stereocenters. The second-order valence-electron chi connectivity index (χ2n) is 10.5. The van der Waals surface area contributed by atoms with Gasteiger partial charge in [-0.15, -0.1) is 0 Å². The second kappa shape index (κ2) is 16.4. The lowest BCUT2D eigenvalue weighted by Gasteiger charge is -2.29. The van der Waals surface area contributed by atoms with E-state index in [1.165, 1.54) is 49.7 Å². The Kier molecular flexibility index (Phi) is 13.5. The summed E-state index contributed by atoms with van der Waals surface area (Å²) in [5, 5.41) is 0. The first-order valence-electron chi connectivity index (χ1n) is 13.6. The first-order chi connectivity index (χ1) is 16.9. The number of esters is 1. The number of nitrogens with zero attached hydrogens (tertiary/aromatic N) is 1. The molecule has 1 unspecified atom stereocenters. The Morgan fingerprint density at radius 1 is 0.857 bits per heavy atom. The van der Waals surface area contributed by atoms with Crippen LogP contribution in [-0.2, 0) is 22.5 Å². The Hall–Kier alpha value is -2.33. The van der Waals surface area contributed by atoms with E-state index in [-0.39, 0.29) is 12.1 Å². The molecule has 35 heavy (non-hydrogen) atoms. The third-order valence-corrected chi connectivity index (χ3v) is 6.46. The van der Waals surface area contributed by atoms with Gasteiger partial charge < -0.3 is 14.0 Å². The van der Waals surface area contributed by atoms with E-state index in [0.717, 1.165) is 36.2 Å². The number of rotatable bonds is 18. The second-order valence-corrected chi connectivity index (χ2v) is 10.5. The highest BCUT2D eigenvalue weighted by Gasteiger charge is 2.17. The lowest BCUT2D eigenvalue weighted by atomic mass is 10.0. The van der Waals surface area contributed by atoms with Crippen molar-refractivity contribution in [2.75, 3.05) is 27.2 Å². The van der Waals surface area contributed by atoms with E-state index >= 15 is 0 Å². The molecule has 2 aromatic rings. The van der Waals surface area contributed by atoms with Gasteiger partial charge in [0, 0.05) is 18.4 Å². The minimum atomic E-state index is -0.115. The third kappa shape index (κ3) is 13.4. The van der Waals surface area contributed by atoms with Gasteiger partial charge in [-0.1, -0.05) is 81.5 Å². The molecule has 0 radical (unpaired) electrons. The van der Waals surface area contributed by atoms with Crippen LogP contribution >= 0.6 is 0 Å². The van der Waals surface area contributed by atoms with E-state index in [0.29, 0.717) is 19.4 Å². The molecule has 194 valence electrons. The SMILES string of the molecule is CCCCCCCCc1ccc(OC(C)CCOC(=O)CCC[N+](C)(C)Cc2ccccc2)cc1. The molecule has 4 nitrogen and oxygen atoms in total. The first kappa shape index (κ1) is 28.9. The molecule has 4 heteroatoms. The largest absolute Gasteiger partial charge is 0.491 e. The maximum atomic E-state index is 12.2. The Morgan fingerprint density at radius 3 is 2.26 bits per heavy atom. The van der Waals surface area contributed by atoms with Crippen molar-refractivity contribution in [2.45, 2.75) is 90.7 Å². The van der Waals surface area contributed by atoms with Crippen molar-refractivity contribution in [2.24, 2.45) is 0 Å². The number of hydrogen-bond donors (Lipinski definition) is 0. The van der Waals surface area contributed by atoms with Crippen molar-refractivity contribution in [1.82, 2.24) is 0 Å². The summed E-state index contributed by atoms with van der Waals surface area (Å²) in [4.78, 5) is 12.2. The fourth-order valence-electron chi connectivity index (χ4n) is 4.35. The summed E-state index contributed by atoms with van der Waals surface area (Å²) >= 11 is 0. The van der Waals surface area contributed by atoms with Gasteiger partial charge in [0.25, 0.3) is 0 Å². The van der Waals surface area contributed by atoms with E-state index in [1.54, 1.807) is 0 Å². The Balaban J connectivity index is 1.55. The minimum Gasteiger partial charge on any atom is -0.491 e. The van der Waals surface area contributed by atoms with Crippen molar-refractivity contribution in [1.29, 1.82) is 0 Å². The molecular weight excluding hydrogens is 434 g/mol. The highest BCUT2D eigenvalue weighted by atomic mass is 16.5. The number of unbranched alkanes of at least 4 members (excludes halogenated alkanes) is 5. The molecule has 2 rings (SSSR count). The summed E-state index contributed by atoms with van der Waals surface area (Å²) in [6.45, 7) is 6.59. The lowest BCUT2D eigenvalue weighted by molar-refractivity contribution is -0.903. The van der Waals surface area contributed by atoms with Crippen molar-refractivity contribution < 1.29 is 18.8 Å². The Labute approximate surface area is 214 Å². The van der Waals surface area contributed by atoms with Gasteiger partial charge in [0.15, 0.2) is 0 Å². The van der Waals surface area contributed by atoms with Crippen LogP contribution in [0.5, 0.6) is 5.75 Å². The normalized spacial score (nSPS) is 12.3. The zero-order chi connectivity index (χ0) is 25.4. The van der Waals surface area contributed by atoms with E-state index in [9.17, 15) is 4.79 Å². The van der Waals surface area contributed by atoms with Gasteiger partial charge in [0.1, 0.15) is 12.3 Å². The van der Waals surface area contributed by atoms with Gasteiger partial charge >= 0.3 is 5.97 Å². The van der Waals surface area contributed by atoms with Crippen LogP contribution in [0.2, 0.25) is 0 Å². The van der Waals surface area contributed by atoms with E-state index < -0.39 is 0 Å². The van der Waals surface area contributed by atoms with Gasteiger partial charge in [-0.05, 0) is 37.5 Å². The van der Waals surface area contributed by atoms with Crippen molar-refractivity contribution in [3.63, 3.8) is 0 Å². The summed E-state index contributed by atoms with van der Waals surface area (Å²) in [6, 6.07) is 19.0. The Bertz CT molecular complexity index is 817. The van der Waals surface area contributed by atoms with Gasteiger partial charge in [0.2, 0.25) is 0 Å². The number of ether oxygens (including phenoxy) is 2. The van der Waals surface area contributed by atoms with E-state index in [4.69, 9.17) is 9.47 Å². The van der Waals surface area contributed by atoms with Gasteiger partial charge in [0.05, 0.1) is 39.8 Å². The molecule has 0 fully saturated rings. The van der Waals surface area contributed by atoms with Crippen LogP contribution in [0, 0.1) is 0 Å². The molecular formula is C31H48NO3+. The summed E-state index contributed by atoms with van der Waals surface area (Å²) in [5.74, 6) is 0.768. The molecule has 0 aliphatic rings. The van der Waals surface area contributed by atoms with Gasteiger partial charge in [-0.2, -0.15) is 0 Å². The molecule has 0 aliphatic carbocycles. The molecule has 2 aromatic carbocycles. The summed E-state index contributed by atoms with van der Waals surface area (Å²) in [7, 11) is 4.41. The number of carbonyl (C=O) groups excluding carboxylic acids is 1. The third-order valence-electron chi connectivity index (χ3n) is 6.46. The predicted octanol–water partition coefficient (Wildman–Crippen LogP) is 7.35. The number of aryl methyl sites for hydroxylation is 1. The van der Waals surface area contributed by atoms with Crippen LogP contribution in [0.15, 0.2) is 54.6 Å². The number of benzene rings is 2. The smallest absolute Gasteiger partial charge is 0.306 e. The average molecular weight is 483 g/mol. The minimum absolute atomic E-state index is 0.00804. The quantitative estimate of drug-likeness (QED) is 0.127. The highest BCUT2D eigenvalue weighted by Crippen LogP contribution is 2.17. The molecule has 0 amide bonds. The summed E-state index contributed by atoms with van der Waals surface area (Å²) in [5.41, 5.74) is 2.70. The highest BCUT2D eigenvalue weighted by molar-refractivity contribution is 5.69. The van der Waals surface area contributed by atoms with Crippen molar-refractivity contribution in [3.8, 4) is 5.75 Å². The van der Waals surface area contributed by atoms with Crippen LogP contribution in [0.1, 0.15) is 82.8 Å². The predicted molar refractivity (Wildman–Crippen MR) is 146 cm³/mol. The zero-order valence-electron chi connectivity index (χ0n) is 22.6. The molecule has 0 aromatic heterocycles. The van der Waals surface area contributed by atoms with Crippen LogP contribution < -0.4 is 4.74 Å². The zero-order valence-corrected chi connectivity index (χ0v) is 22.6. The number of quaternary nitrogens is 1. The summed E-state index contributed by atoms with van der Waals surface area (Å²) in [6.07, 6.45) is 11.1. The van der Waals surface area contributed by atoms with Gasteiger partial charge in [-0.25, -0.2) is 0 Å². The number of carbonyl (C=O) groups is 1. The van der Waals surface area contributed by atoms with Crippen LogP contribution in [0.3, 0.4) is 0 Å². The fourth-order valence-corrected chi connectivity index (χ4v) is 4.35. The van der Waals surface area contributed by atoms with E-state index in [2.05, 4.69) is 69.6 Å². The molecule has 0 N–H and O–H groups in total.